The first-order valence-corrected chi connectivity index (χ1v) is 10.7. The lowest BCUT2D eigenvalue weighted by Crippen LogP contribution is -2.38. The number of pyridine rings is 1. The van der Waals surface area contributed by atoms with E-state index in [1.54, 1.807) is 18.3 Å². The molecule has 0 bridgehead atoms. The van der Waals surface area contributed by atoms with Crippen molar-refractivity contribution < 1.29 is 13.2 Å². The smallest absolute Gasteiger partial charge is 0.253 e. The maximum Gasteiger partial charge on any atom is 0.253 e. The Kier molecular flexibility index (Phi) is 6.14. The molecule has 0 saturated carbocycles. The van der Waals surface area contributed by atoms with Gasteiger partial charge in [0, 0.05) is 19.3 Å². The van der Waals surface area contributed by atoms with Crippen LogP contribution in [0.1, 0.15) is 35.8 Å². The van der Waals surface area contributed by atoms with Crippen LogP contribution in [0.3, 0.4) is 0 Å². The van der Waals surface area contributed by atoms with Gasteiger partial charge in [0.05, 0.1) is 27.7 Å². The van der Waals surface area contributed by atoms with Gasteiger partial charge in [0.2, 0.25) is 10.0 Å². The van der Waals surface area contributed by atoms with E-state index in [9.17, 15) is 13.2 Å². The Morgan fingerprint density at radius 1 is 1.26 bits per heavy atom. The van der Waals surface area contributed by atoms with Gasteiger partial charge < -0.3 is 5.32 Å². The van der Waals surface area contributed by atoms with Crippen molar-refractivity contribution in [1.29, 1.82) is 0 Å². The molecule has 3 rings (SSSR count). The molecule has 0 spiro atoms. The van der Waals surface area contributed by atoms with Crippen LogP contribution in [0.4, 0.5) is 0 Å². The van der Waals surface area contributed by atoms with Crippen LogP contribution in [0, 0.1) is 5.92 Å². The summed E-state index contributed by atoms with van der Waals surface area (Å²) in [6.07, 6.45) is 3.32. The van der Waals surface area contributed by atoms with Crippen molar-refractivity contribution in [2.24, 2.45) is 5.92 Å². The summed E-state index contributed by atoms with van der Waals surface area (Å²) in [6, 6.07) is 9.66. The van der Waals surface area contributed by atoms with Crippen LogP contribution in [0.15, 0.2) is 47.5 Å². The molecule has 1 N–H and O–H groups in total. The van der Waals surface area contributed by atoms with Crippen LogP contribution in [-0.2, 0) is 16.6 Å². The molecule has 1 fully saturated rings. The van der Waals surface area contributed by atoms with Crippen LogP contribution in [0.25, 0.3) is 0 Å². The number of rotatable bonds is 5. The minimum Gasteiger partial charge on any atom is -0.346 e. The van der Waals surface area contributed by atoms with Gasteiger partial charge in [0.25, 0.3) is 5.91 Å². The van der Waals surface area contributed by atoms with Gasteiger partial charge in [-0.3, -0.25) is 9.78 Å². The lowest BCUT2D eigenvalue weighted by Gasteiger charge is -2.29. The highest BCUT2D eigenvalue weighted by atomic mass is 35.5. The third-order valence-electron chi connectivity index (χ3n) is 4.72. The number of sulfonamides is 1. The molecular formula is C19H22ClN3O3S. The van der Waals surface area contributed by atoms with E-state index < -0.39 is 15.9 Å². The number of aromatic nitrogens is 1. The SMILES string of the molecule is CC1CCN(S(=O)(=O)c2ccc(Cl)c(C(=O)NCc3ccccn3)c2)CC1. The topological polar surface area (TPSA) is 79.4 Å². The van der Waals surface area contributed by atoms with E-state index in [0.717, 1.165) is 12.8 Å². The van der Waals surface area contributed by atoms with Gasteiger partial charge in [0.1, 0.15) is 0 Å². The maximum atomic E-state index is 12.9. The van der Waals surface area contributed by atoms with E-state index in [1.807, 2.05) is 6.07 Å². The molecule has 2 aromatic rings. The van der Waals surface area contributed by atoms with E-state index in [0.29, 0.717) is 24.7 Å². The first-order chi connectivity index (χ1) is 12.9. The molecule has 27 heavy (non-hydrogen) atoms. The van der Waals surface area contributed by atoms with Gasteiger partial charge in [-0.25, -0.2) is 8.42 Å². The van der Waals surface area contributed by atoms with Crippen molar-refractivity contribution in [2.75, 3.05) is 13.1 Å². The molecule has 0 atom stereocenters. The van der Waals surface area contributed by atoms with Gasteiger partial charge >= 0.3 is 0 Å². The minimum absolute atomic E-state index is 0.0874. The molecule has 0 unspecified atom stereocenters. The van der Waals surface area contributed by atoms with E-state index >= 15 is 0 Å². The van der Waals surface area contributed by atoms with Crippen molar-refractivity contribution in [3.8, 4) is 0 Å². The fourth-order valence-corrected chi connectivity index (χ4v) is 4.68. The summed E-state index contributed by atoms with van der Waals surface area (Å²) in [5, 5.41) is 2.93. The van der Waals surface area contributed by atoms with Crippen LogP contribution < -0.4 is 5.32 Å². The summed E-state index contributed by atoms with van der Waals surface area (Å²) < 4.78 is 27.3. The van der Waals surface area contributed by atoms with Crippen LogP contribution in [0.2, 0.25) is 5.02 Å². The van der Waals surface area contributed by atoms with Crippen molar-refractivity contribution in [2.45, 2.75) is 31.2 Å². The second-order valence-corrected chi connectivity index (χ2v) is 9.08. The molecule has 1 aromatic heterocycles. The number of piperidine rings is 1. The molecule has 0 radical (unpaired) electrons. The van der Waals surface area contributed by atoms with Gasteiger partial charge in [-0.05, 0) is 49.1 Å². The highest BCUT2D eigenvalue weighted by Gasteiger charge is 2.29. The van der Waals surface area contributed by atoms with Crippen molar-refractivity contribution in [3.63, 3.8) is 0 Å². The number of carbonyl (C=O) groups is 1. The average molecular weight is 408 g/mol. The quantitative estimate of drug-likeness (QED) is 0.825. The number of nitrogens with one attached hydrogen (secondary N) is 1. The third-order valence-corrected chi connectivity index (χ3v) is 6.94. The Morgan fingerprint density at radius 2 is 2.00 bits per heavy atom. The van der Waals surface area contributed by atoms with Crippen LogP contribution in [-0.4, -0.2) is 36.7 Å². The Morgan fingerprint density at radius 3 is 2.67 bits per heavy atom. The summed E-state index contributed by atoms with van der Waals surface area (Å²) in [4.78, 5) is 16.7. The predicted octanol–water partition coefficient (Wildman–Crippen LogP) is 3.09. The van der Waals surface area contributed by atoms with Crippen molar-refractivity contribution in [3.05, 3.63) is 58.9 Å². The number of hydrogen-bond acceptors (Lipinski definition) is 4. The highest BCUT2D eigenvalue weighted by molar-refractivity contribution is 7.89. The Balaban J connectivity index is 1.78. The second-order valence-electron chi connectivity index (χ2n) is 6.73. The molecular weight excluding hydrogens is 386 g/mol. The first-order valence-electron chi connectivity index (χ1n) is 8.86. The zero-order chi connectivity index (χ0) is 19.4. The number of hydrogen-bond donors (Lipinski definition) is 1. The molecule has 8 heteroatoms. The number of benzene rings is 1. The van der Waals surface area contributed by atoms with E-state index in [1.165, 1.54) is 22.5 Å². The highest BCUT2D eigenvalue weighted by Crippen LogP contribution is 2.26. The summed E-state index contributed by atoms with van der Waals surface area (Å²) in [5.41, 5.74) is 0.840. The average Bonchev–Trinajstić information content (AvgIpc) is 2.67. The van der Waals surface area contributed by atoms with Crippen LogP contribution in [0.5, 0.6) is 0 Å². The molecule has 0 aliphatic carbocycles. The van der Waals surface area contributed by atoms with E-state index in [-0.39, 0.29) is 22.0 Å². The Hall–Kier alpha value is -1.96. The van der Waals surface area contributed by atoms with E-state index in [4.69, 9.17) is 11.6 Å². The Bertz CT molecular complexity index is 911. The second kappa shape index (κ2) is 8.37. The zero-order valence-electron chi connectivity index (χ0n) is 15.1. The summed E-state index contributed by atoms with van der Waals surface area (Å²) in [6.45, 7) is 3.34. The lowest BCUT2D eigenvalue weighted by molar-refractivity contribution is 0.0950. The summed E-state index contributed by atoms with van der Waals surface area (Å²) in [5.74, 6) is 0.0876. The van der Waals surface area contributed by atoms with Gasteiger partial charge in [-0.1, -0.05) is 24.6 Å². The monoisotopic (exact) mass is 407 g/mol. The van der Waals surface area contributed by atoms with E-state index in [2.05, 4.69) is 17.2 Å². The van der Waals surface area contributed by atoms with Crippen molar-refractivity contribution >= 4 is 27.5 Å². The van der Waals surface area contributed by atoms with Crippen LogP contribution >= 0.6 is 11.6 Å². The zero-order valence-corrected chi connectivity index (χ0v) is 16.6. The summed E-state index contributed by atoms with van der Waals surface area (Å²) in [7, 11) is -3.64. The molecule has 1 aliphatic heterocycles. The number of nitrogens with zero attached hydrogens (tertiary/aromatic N) is 2. The number of halogens is 1. The predicted molar refractivity (Wildman–Crippen MR) is 104 cm³/mol. The Labute approximate surface area is 164 Å². The largest absolute Gasteiger partial charge is 0.346 e. The molecule has 1 aromatic carbocycles. The molecule has 6 nitrogen and oxygen atoms in total. The molecule has 1 saturated heterocycles. The summed E-state index contributed by atoms with van der Waals surface area (Å²) >= 11 is 6.14. The lowest BCUT2D eigenvalue weighted by atomic mass is 10.0. The standard InChI is InChI=1S/C19H22ClN3O3S/c1-14-7-10-23(11-8-14)27(25,26)16-5-6-18(20)17(12-16)19(24)22-13-15-4-2-3-9-21-15/h2-6,9,12,14H,7-8,10-11,13H2,1H3,(H,22,24). The third kappa shape index (κ3) is 4.66. The fourth-order valence-electron chi connectivity index (χ4n) is 2.98. The normalized spacial score (nSPS) is 16.2. The maximum absolute atomic E-state index is 12.9. The van der Waals surface area contributed by atoms with Gasteiger partial charge in [-0.2, -0.15) is 4.31 Å². The fraction of sp³-hybridized carbons (Fsp3) is 0.368. The molecule has 1 aliphatic rings. The number of carbonyl (C=O) groups excluding carboxylic acids is 1. The molecule has 144 valence electrons. The van der Waals surface area contributed by atoms with Gasteiger partial charge in [0.15, 0.2) is 0 Å². The number of amides is 1. The molecule has 2 heterocycles. The molecule has 1 amide bonds. The van der Waals surface area contributed by atoms with Crippen molar-refractivity contribution in [1.82, 2.24) is 14.6 Å². The van der Waals surface area contributed by atoms with Gasteiger partial charge in [-0.15, -0.1) is 0 Å². The minimum atomic E-state index is -3.64. The first kappa shape index (κ1) is 19.8.